The third-order valence-electron chi connectivity index (χ3n) is 5.86. The van der Waals surface area contributed by atoms with Crippen LogP contribution in [0.5, 0.6) is 0 Å². The molecular weight excluding hydrogens is 558 g/mol. The number of furan rings is 1. The summed E-state index contributed by atoms with van der Waals surface area (Å²) in [5.74, 6) is 1.41. The Hall–Kier alpha value is -4.27. The van der Waals surface area contributed by atoms with Crippen LogP contribution >= 0.6 is 27.5 Å². The second-order valence-corrected chi connectivity index (χ2v) is 9.45. The number of rotatable bonds is 5. The van der Waals surface area contributed by atoms with Crippen molar-refractivity contribution in [3.8, 4) is 22.8 Å². The fourth-order valence-electron chi connectivity index (χ4n) is 4.09. The molecule has 37 heavy (non-hydrogen) atoms. The van der Waals surface area contributed by atoms with E-state index in [4.69, 9.17) is 25.4 Å². The maximum atomic E-state index is 11.1. The van der Waals surface area contributed by atoms with Crippen molar-refractivity contribution < 1.29 is 13.8 Å². The Morgan fingerprint density at radius 2 is 1.76 bits per heavy atom. The number of nitrogens with zero attached hydrogens (tertiary/aromatic N) is 3. The van der Waals surface area contributed by atoms with Crippen molar-refractivity contribution >= 4 is 67.0 Å². The number of aliphatic imine (C=N–C) groups is 1. The van der Waals surface area contributed by atoms with Crippen molar-refractivity contribution in [3.63, 3.8) is 0 Å². The first kappa shape index (κ1) is 23.1. The summed E-state index contributed by atoms with van der Waals surface area (Å²) in [6.07, 6.45) is 1.57. The molecule has 0 saturated carbocycles. The lowest BCUT2D eigenvalue weighted by Crippen LogP contribution is -1.88. The van der Waals surface area contributed by atoms with E-state index < -0.39 is 4.92 Å². The Labute approximate surface area is 223 Å². The molecule has 0 amide bonds. The lowest BCUT2D eigenvalue weighted by molar-refractivity contribution is -0.384. The van der Waals surface area contributed by atoms with Crippen molar-refractivity contribution in [1.29, 1.82) is 0 Å². The molecule has 0 aliphatic heterocycles. The number of nitro benzene ring substituents is 1. The quantitative estimate of drug-likeness (QED) is 0.117. The molecule has 0 fully saturated rings. The van der Waals surface area contributed by atoms with Gasteiger partial charge in [-0.25, -0.2) is 4.98 Å². The molecule has 0 aliphatic carbocycles. The average molecular weight is 573 g/mol. The zero-order chi connectivity index (χ0) is 25.5. The van der Waals surface area contributed by atoms with Crippen LogP contribution in [-0.2, 0) is 0 Å². The highest BCUT2D eigenvalue weighted by molar-refractivity contribution is 9.10. The third-order valence-corrected chi connectivity index (χ3v) is 6.89. The molecule has 0 spiro atoms. The smallest absolute Gasteiger partial charge is 0.270 e. The summed E-state index contributed by atoms with van der Waals surface area (Å²) in [5, 5.41) is 13.6. The summed E-state index contributed by atoms with van der Waals surface area (Å²) in [6.45, 7) is 0. The molecule has 6 aromatic rings. The van der Waals surface area contributed by atoms with E-state index in [0.717, 1.165) is 20.8 Å². The van der Waals surface area contributed by atoms with Gasteiger partial charge in [-0.05, 0) is 59.3 Å². The highest BCUT2D eigenvalue weighted by Gasteiger charge is 2.15. The molecule has 0 saturated heterocycles. The van der Waals surface area contributed by atoms with Gasteiger partial charge in [0.1, 0.15) is 17.0 Å². The van der Waals surface area contributed by atoms with Gasteiger partial charge in [-0.3, -0.25) is 15.1 Å². The molecule has 7 nitrogen and oxygen atoms in total. The van der Waals surface area contributed by atoms with Crippen LogP contribution in [0.3, 0.4) is 0 Å². The van der Waals surface area contributed by atoms with E-state index in [2.05, 4.69) is 20.9 Å². The summed E-state index contributed by atoms with van der Waals surface area (Å²) in [6, 6.07) is 25.2. The Kier molecular flexibility index (Phi) is 5.82. The van der Waals surface area contributed by atoms with Gasteiger partial charge in [-0.2, -0.15) is 0 Å². The number of non-ortho nitro benzene ring substituents is 1. The van der Waals surface area contributed by atoms with Gasteiger partial charge in [-0.1, -0.05) is 51.8 Å². The zero-order valence-corrected chi connectivity index (χ0v) is 21.2. The van der Waals surface area contributed by atoms with Gasteiger partial charge < -0.3 is 8.83 Å². The van der Waals surface area contributed by atoms with Crippen LogP contribution < -0.4 is 0 Å². The summed E-state index contributed by atoms with van der Waals surface area (Å²) in [7, 11) is 0. The summed E-state index contributed by atoms with van der Waals surface area (Å²) in [5.41, 5.74) is 3.28. The molecule has 4 aromatic carbocycles. The molecule has 2 heterocycles. The van der Waals surface area contributed by atoms with Gasteiger partial charge in [0, 0.05) is 27.7 Å². The third kappa shape index (κ3) is 4.41. The van der Waals surface area contributed by atoms with E-state index in [-0.39, 0.29) is 5.69 Å². The second-order valence-electron chi connectivity index (χ2n) is 8.19. The molecule has 6 rings (SSSR count). The largest absolute Gasteiger partial charge is 0.455 e. The van der Waals surface area contributed by atoms with Crippen LogP contribution in [-0.4, -0.2) is 16.1 Å². The fraction of sp³-hybridized carbons (Fsp3) is 0. The van der Waals surface area contributed by atoms with Crippen LogP contribution in [0.4, 0.5) is 11.4 Å². The molecular formula is C28H15BrClN3O4. The van der Waals surface area contributed by atoms with Crippen molar-refractivity contribution in [2.24, 2.45) is 4.99 Å². The van der Waals surface area contributed by atoms with E-state index in [1.165, 1.54) is 18.2 Å². The highest BCUT2D eigenvalue weighted by Crippen LogP contribution is 2.35. The molecule has 0 atom stereocenters. The first-order valence-electron chi connectivity index (χ1n) is 11.1. The molecule has 0 radical (unpaired) electrons. The van der Waals surface area contributed by atoms with E-state index in [1.807, 2.05) is 54.6 Å². The van der Waals surface area contributed by atoms with Gasteiger partial charge in [-0.15, -0.1) is 0 Å². The maximum Gasteiger partial charge on any atom is 0.270 e. The minimum absolute atomic E-state index is 0.0672. The van der Waals surface area contributed by atoms with Crippen LogP contribution in [0.1, 0.15) is 5.76 Å². The summed E-state index contributed by atoms with van der Waals surface area (Å²) < 4.78 is 12.9. The average Bonchev–Trinajstić information content (AvgIpc) is 3.54. The highest BCUT2D eigenvalue weighted by atomic mass is 79.9. The predicted octanol–water partition coefficient (Wildman–Crippen LogP) is 8.98. The number of halogens is 2. The minimum Gasteiger partial charge on any atom is -0.455 e. The molecule has 0 N–H and O–H groups in total. The Morgan fingerprint density at radius 1 is 0.919 bits per heavy atom. The SMILES string of the molecule is O=[N+]([O-])c1ccc(Cl)c(-c2ccc(C=Nc3ccc4oc(-c5cccc6c(Br)cccc56)nc4c3)o2)c1. The van der Waals surface area contributed by atoms with E-state index in [1.54, 1.807) is 18.3 Å². The van der Waals surface area contributed by atoms with Gasteiger partial charge in [0.05, 0.1) is 21.8 Å². The normalized spacial score (nSPS) is 11.6. The topological polar surface area (TPSA) is 94.7 Å². The number of fused-ring (bicyclic) bond motifs is 2. The van der Waals surface area contributed by atoms with Crippen LogP contribution in [0, 0.1) is 10.1 Å². The molecule has 9 heteroatoms. The van der Waals surface area contributed by atoms with Crippen LogP contribution in [0.2, 0.25) is 5.02 Å². The number of hydrogen-bond acceptors (Lipinski definition) is 6. The first-order valence-corrected chi connectivity index (χ1v) is 12.3. The summed E-state index contributed by atoms with van der Waals surface area (Å²) in [4.78, 5) is 19.8. The Morgan fingerprint density at radius 3 is 2.62 bits per heavy atom. The molecule has 0 unspecified atom stereocenters. The number of benzene rings is 4. The number of nitro groups is 1. The molecule has 2 aromatic heterocycles. The number of oxazole rings is 1. The zero-order valence-electron chi connectivity index (χ0n) is 18.9. The standard InChI is InChI=1S/C28H15BrClN3O4/c29-23-6-2-3-19-20(23)4-1-5-21(19)28-32-25-13-16(7-11-27(25)37-28)31-15-18-9-12-26(36-18)22-14-17(33(34)35)8-10-24(22)30/h1-15H. The minimum atomic E-state index is -0.476. The second kappa shape index (κ2) is 9.31. The van der Waals surface area contributed by atoms with Crippen molar-refractivity contribution in [2.75, 3.05) is 0 Å². The molecule has 0 bridgehead atoms. The number of aromatic nitrogens is 1. The van der Waals surface area contributed by atoms with Gasteiger partial charge in [0.15, 0.2) is 5.58 Å². The lowest BCUT2D eigenvalue weighted by Gasteiger charge is -2.04. The van der Waals surface area contributed by atoms with Crippen LogP contribution in [0.25, 0.3) is 44.7 Å². The Balaban J connectivity index is 1.29. The van der Waals surface area contributed by atoms with Gasteiger partial charge in [0.2, 0.25) is 5.89 Å². The van der Waals surface area contributed by atoms with E-state index in [0.29, 0.717) is 44.8 Å². The Bertz CT molecular complexity index is 1860. The first-order chi connectivity index (χ1) is 18.0. The monoisotopic (exact) mass is 571 g/mol. The maximum absolute atomic E-state index is 11.1. The molecule has 180 valence electrons. The van der Waals surface area contributed by atoms with Crippen LogP contribution in [0.15, 0.2) is 103 Å². The van der Waals surface area contributed by atoms with Gasteiger partial charge in [0.25, 0.3) is 5.69 Å². The van der Waals surface area contributed by atoms with E-state index >= 15 is 0 Å². The summed E-state index contributed by atoms with van der Waals surface area (Å²) >= 11 is 9.83. The van der Waals surface area contributed by atoms with Crippen molar-refractivity contribution in [3.05, 3.63) is 110 Å². The lowest BCUT2D eigenvalue weighted by atomic mass is 10.0. The van der Waals surface area contributed by atoms with Gasteiger partial charge >= 0.3 is 0 Å². The van der Waals surface area contributed by atoms with E-state index in [9.17, 15) is 10.1 Å². The predicted molar refractivity (Wildman–Crippen MR) is 148 cm³/mol. The van der Waals surface area contributed by atoms with Crippen molar-refractivity contribution in [1.82, 2.24) is 4.98 Å². The number of hydrogen-bond donors (Lipinski definition) is 0. The fourth-order valence-corrected chi connectivity index (χ4v) is 4.80. The van der Waals surface area contributed by atoms with Crippen molar-refractivity contribution in [2.45, 2.75) is 0 Å². The molecule has 0 aliphatic rings.